The first kappa shape index (κ1) is 16.2. The lowest BCUT2D eigenvalue weighted by molar-refractivity contribution is -0.158. The van der Waals surface area contributed by atoms with E-state index < -0.39 is 24.2 Å². The van der Waals surface area contributed by atoms with Crippen LogP contribution in [-0.4, -0.2) is 44.0 Å². The molecule has 0 saturated carbocycles. The Hall–Kier alpha value is -0.820. The van der Waals surface area contributed by atoms with Crippen LogP contribution in [0.2, 0.25) is 0 Å². The second kappa shape index (κ2) is 6.80. The zero-order valence-corrected chi connectivity index (χ0v) is 10.2. The van der Waals surface area contributed by atoms with Gasteiger partial charge in [-0.3, -0.25) is 5.32 Å². The van der Waals surface area contributed by atoms with Gasteiger partial charge in [-0.05, 0) is 20.8 Å². The van der Waals surface area contributed by atoms with Gasteiger partial charge in [-0.15, -0.1) is 0 Å². The highest BCUT2D eigenvalue weighted by Crippen LogP contribution is 2.16. The van der Waals surface area contributed by atoms with Gasteiger partial charge in [0.1, 0.15) is 5.54 Å². The number of hydrogen-bond acceptors (Lipinski definition) is 4. The van der Waals surface area contributed by atoms with E-state index in [1.54, 1.807) is 13.8 Å². The summed E-state index contributed by atoms with van der Waals surface area (Å²) in [6.45, 7) is 3.58. The van der Waals surface area contributed by atoms with Crippen molar-refractivity contribution in [2.24, 2.45) is 0 Å². The Morgan fingerprint density at radius 2 is 1.82 bits per heavy atom. The molecule has 0 bridgehead atoms. The minimum atomic E-state index is -4.39. The van der Waals surface area contributed by atoms with Crippen molar-refractivity contribution in [3.05, 3.63) is 0 Å². The SMILES string of the molecule is CCOCC(C)(NCC(F)(F)F)C(=O)OCC. The second-order valence-electron chi connectivity index (χ2n) is 3.66. The van der Waals surface area contributed by atoms with Gasteiger partial charge < -0.3 is 9.47 Å². The summed E-state index contributed by atoms with van der Waals surface area (Å²) in [4.78, 5) is 11.6. The number of carbonyl (C=O) groups is 1. The summed E-state index contributed by atoms with van der Waals surface area (Å²) < 4.78 is 46.0. The van der Waals surface area contributed by atoms with Gasteiger partial charge in [0.05, 0.1) is 19.8 Å². The van der Waals surface area contributed by atoms with Gasteiger partial charge in [-0.25, -0.2) is 4.79 Å². The summed E-state index contributed by atoms with van der Waals surface area (Å²) >= 11 is 0. The Kier molecular flexibility index (Phi) is 6.48. The molecule has 0 spiro atoms. The van der Waals surface area contributed by atoms with Crippen molar-refractivity contribution in [2.45, 2.75) is 32.5 Å². The number of halogens is 3. The summed E-state index contributed by atoms with van der Waals surface area (Å²) in [5.74, 6) is -0.752. The molecule has 1 N–H and O–H groups in total. The van der Waals surface area contributed by atoms with E-state index in [0.29, 0.717) is 6.61 Å². The van der Waals surface area contributed by atoms with Crippen LogP contribution < -0.4 is 5.32 Å². The maximum atomic E-state index is 12.1. The lowest BCUT2D eigenvalue weighted by Gasteiger charge is -2.28. The normalized spacial score (nSPS) is 15.4. The molecule has 102 valence electrons. The molecule has 4 nitrogen and oxygen atoms in total. The molecule has 0 aliphatic rings. The van der Waals surface area contributed by atoms with E-state index in [1.165, 1.54) is 6.92 Å². The topological polar surface area (TPSA) is 47.6 Å². The molecular weight excluding hydrogens is 239 g/mol. The summed E-state index contributed by atoms with van der Waals surface area (Å²) in [6.07, 6.45) is -4.39. The Balaban J connectivity index is 4.54. The highest BCUT2D eigenvalue weighted by atomic mass is 19.4. The van der Waals surface area contributed by atoms with E-state index in [1.807, 2.05) is 0 Å². The number of nitrogens with one attached hydrogen (secondary N) is 1. The van der Waals surface area contributed by atoms with E-state index >= 15 is 0 Å². The quantitative estimate of drug-likeness (QED) is 0.702. The van der Waals surface area contributed by atoms with Crippen LogP contribution >= 0.6 is 0 Å². The van der Waals surface area contributed by atoms with Gasteiger partial charge >= 0.3 is 12.1 Å². The Morgan fingerprint density at radius 3 is 2.24 bits per heavy atom. The summed E-state index contributed by atoms with van der Waals surface area (Å²) in [6, 6.07) is 0. The number of carbonyl (C=O) groups excluding carboxylic acids is 1. The Morgan fingerprint density at radius 1 is 1.24 bits per heavy atom. The number of esters is 1. The Bertz CT molecular complexity index is 245. The smallest absolute Gasteiger partial charge is 0.401 e. The molecule has 7 heteroatoms. The van der Waals surface area contributed by atoms with Gasteiger partial charge in [-0.1, -0.05) is 0 Å². The molecular formula is C10H18F3NO3. The van der Waals surface area contributed by atoms with Crippen LogP contribution in [0, 0.1) is 0 Å². The minimum Gasteiger partial charge on any atom is -0.465 e. The molecule has 0 aliphatic carbocycles. The van der Waals surface area contributed by atoms with Crippen LogP contribution in [0.25, 0.3) is 0 Å². The minimum absolute atomic E-state index is 0.105. The largest absolute Gasteiger partial charge is 0.465 e. The molecule has 0 radical (unpaired) electrons. The third-order valence-corrected chi connectivity index (χ3v) is 2.00. The second-order valence-corrected chi connectivity index (χ2v) is 3.66. The van der Waals surface area contributed by atoms with Crippen LogP contribution in [-0.2, 0) is 14.3 Å². The van der Waals surface area contributed by atoms with Gasteiger partial charge in [0, 0.05) is 6.61 Å². The van der Waals surface area contributed by atoms with Crippen molar-refractivity contribution < 1.29 is 27.4 Å². The first-order valence-electron chi connectivity index (χ1n) is 5.32. The van der Waals surface area contributed by atoms with Crippen molar-refractivity contribution in [1.82, 2.24) is 5.32 Å². The van der Waals surface area contributed by atoms with Crippen molar-refractivity contribution in [3.8, 4) is 0 Å². The predicted octanol–water partition coefficient (Wildman–Crippen LogP) is 1.50. The highest BCUT2D eigenvalue weighted by molar-refractivity contribution is 5.80. The molecule has 0 fully saturated rings. The highest BCUT2D eigenvalue weighted by Gasteiger charge is 2.39. The average molecular weight is 257 g/mol. The van der Waals surface area contributed by atoms with Crippen LogP contribution in [0.3, 0.4) is 0 Å². The van der Waals surface area contributed by atoms with E-state index in [4.69, 9.17) is 9.47 Å². The zero-order valence-electron chi connectivity index (χ0n) is 10.2. The van der Waals surface area contributed by atoms with Crippen molar-refractivity contribution in [1.29, 1.82) is 0 Å². The van der Waals surface area contributed by atoms with E-state index in [9.17, 15) is 18.0 Å². The molecule has 0 aromatic carbocycles. The average Bonchev–Trinajstić information content (AvgIpc) is 2.23. The van der Waals surface area contributed by atoms with E-state index in [0.717, 1.165) is 0 Å². The summed E-state index contributed by atoms with van der Waals surface area (Å²) in [5, 5.41) is 2.13. The van der Waals surface area contributed by atoms with Crippen molar-refractivity contribution in [3.63, 3.8) is 0 Å². The molecule has 0 aliphatic heterocycles. The lowest BCUT2D eigenvalue weighted by Crippen LogP contribution is -2.56. The lowest BCUT2D eigenvalue weighted by atomic mass is 10.0. The third-order valence-electron chi connectivity index (χ3n) is 2.00. The number of alkyl halides is 3. The van der Waals surface area contributed by atoms with Crippen molar-refractivity contribution >= 4 is 5.97 Å². The van der Waals surface area contributed by atoms with Crippen LogP contribution in [0.4, 0.5) is 13.2 Å². The van der Waals surface area contributed by atoms with Crippen LogP contribution in [0.1, 0.15) is 20.8 Å². The molecule has 1 unspecified atom stereocenters. The molecule has 0 rings (SSSR count). The summed E-state index contributed by atoms with van der Waals surface area (Å²) in [7, 11) is 0. The van der Waals surface area contributed by atoms with Crippen LogP contribution in [0.5, 0.6) is 0 Å². The molecule has 0 saturated heterocycles. The fourth-order valence-electron chi connectivity index (χ4n) is 1.07. The van der Waals surface area contributed by atoms with Gasteiger partial charge in [0.2, 0.25) is 0 Å². The van der Waals surface area contributed by atoms with Crippen LogP contribution in [0.15, 0.2) is 0 Å². The molecule has 17 heavy (non-hydrogen) atoms. The molecule has 1 atom stereocenters. The van der Waals surface area contributed by atoms with Gasteiger partial charge in [0.25, 0.3) is 0 Å². The molecule has 0 aromatic rings. The monoisotopic (exact) mass is 257 g/mol. The number of hydrogen-bond donors (Lipinski definition) is 1. The molecule has 0 aromatic heterocycles. The fraction of sp³-hybridized carbons (Fsp3) is 0.900. The Labute approximate surface area is 98.5 Å². The standard InChI is InChI=1S/C10H18F3NO3/c1-4-16-7-9(3,8(15)17-5-2)14-6-10(11,12)13/h14H,4-7H2,1-3H3. The van der Waals surface area contributed by atoms with E-state index in [-0.39, 0.29) is 13.2 Å². The van der Waals surface area contributed by atoms with Gasteiger partial charge in [0.15, 0.2) is 0 Å². The van der Waals surface area contributed by atoms with Crippen molar-refractivity contribution in [2.75, 3.05) is 26.4 Å². The number of ether oxygens (including phenoxy) is 2. The maximum absolute atomic E-state index is 12.1. The zero-order chi connectivity index (χ0) is 13.5. The van der Waals surface area contributed by atoms with Gasteiger partial charge in [-0.2, -0.15) is 13.2 Å². The van der Waals surface area contributed by atoms with E-state index in [2.05, 4.69) is 5.32 Å². The molecule has 0 heterocycles. The fourth-order valence-corrected chi connectivity index (χ4v) is 1.07. The first-order valence-corrected chi connectivity index (χ1v) is 5.32. The predicted molar refractivity (Wildman–Crippen MR) is 55.6 cm³/mol. The third kappa shape index (κ3) is 6.48. The summed E-state index contributed by atoms with van der Waals surface area (Å²) in [5.41, 5.74) is -1.48. The first-order chi connectivity index (χ1) is 7.75. The number of rotatable bonds is 7. The molecule has 0 amide bonds. The maximum Gasteiger partial charge on any atom is 0.401 e.